The topological polar surface area (TPSA) is 90.6 Å². The van der Waals surface area contributed by atoms with Gasteiger partial charge in [-0.05, 0) is 29.1 Å². The van der Waals surface area contributed by atoms with Crippen LogP contribution in [0.1, 0.15) is 16.1 Å². The van der Waals surface area contributed by atoms with Crippen molar-refractivity contribution in [1.29, 1.82) is 0 Å². The number of anilines is 1. The minimum absolute atomic E-state index is 0.0317. The number of benzene rings is 1. The van der Waals surface area contributed by atoms with E-state index in [2.05, 4.69) is 43.3 Å². The van der Waals surface area contributed by atoms with Crippen molar-refractivity contribution in [2.24, 2.45) is 0 Å². The Morgan fingerprint density at radius 3 is 2.97 bits per heavy atom. The number of carbonyl (C=O) groups is 1. The van der Waals surface area contributed by atoms with Crippen molar-refractivity contribution in [1.82, 2.24) is 20.2 Å². The lowest BCUT2D eigenvalue weighted by Crippen LogP contribution is -2.57. The molecule has 0 unspecified atom stereocenters. The van der Waals surface area contributed by atoms with Gasteiger partial charge >= 0.3 is 0 Å². The Bertz CT molecular complexity index is 1450. The summed E-state index contributed by atoms with van der Waals surface area (Å²) in [5, 5.41) is 9.40. The quantitative estimate of drug-likeness (QED) is 0.487. The lowest BCUT2D eigenvalue weighted by Gasteiger charge is -2.45. The molecule has 168 valence electrons. The second-order valence-corrected chi connectivity index (χ2v) is 9.27. The largest absolute Gasteiger partial charge is 0.474 e. The summed E-state index contributed by atoms with van der Waals surface area (Å²) in [5.74, 6) is 0.309. The van der Waals surface area contributed by atoms with Gasteiger partial charge < -0.3 is 19.9 Å². The number of rotatable bonds is 3. The third-order valence-corrected chi connectivity index (χ3v) is 7.27. The first-order valence-corrected chi connectivity index (χ1v) is 11.9. The number of carbonyl (C=O) groups excluding carboxylic acids is 1. The maximum Gasteiger partial charge on any atom is 0.269 e. The van der Waals surface area contributed by atoms with Crippen molar-refractivity contribution in [3.63, 3.8) is 0 Å². The molecule has 0 bridgehead atoms. The van der Waals surface area contributed by atoms with Crippen molar-refractivity contribution in [3.8, 4) is 5.88 Å². The Balaban J connectivity index is 1.20. The van der Waals surface area contributed by atoms with Crippen LogP contribution < -0.4 is 20.5 Å². The molecular weight excluding hydrogens is 438 g/mol. The highest BCUT2D eigenvalue weighted by molar-refractivity contribution is 7.09. The average Bonchev–Trinajstić information content (AvgIpc) is 3.34. The standard InChI is InChI=1S/C24H23N5O3S/c1-25-23(31)19-4-5-21-24(27-19)32-11-15-10-28(6-7-29(15)21)9-14-2-3-16-17-12-33-13-18(17)22(30)26-20(16)8-14/h2-5,8,12-13,15H,6-7,9-11H2,1H3,(H,25,31)(H,26,30)/t15-/m1/s1. The van der Waals surface area contributed by atoms with Crippen LogP contribution in [0.15, 0.2) is 45.9 Å². The highest BCUT2D eigenvalue weighted by atomic mass is 32.1. The summed E-state index contributed by atoms with van der Waals surface area (Å²) in [7, 11) is 1.59. The lowest BCUT2D eigenvalue weighted by atomic mass is 10.1. The van der Waals surface area contributed by atoms with Gasteiger partial charge in [-0.1, -0.05) is 12.1 Å². The molecule has 1 aromatic carbocycles. The van der Waals surface area contributed by atoms with E-state index < -0.39 is 0 Å². The number of piperazine rings is 1. The molecule has 0 saturated carbocycles. The van der Waals surface area contributed by atoms with Crippen molar-refractivity contribution in [3.05, 3.63) is 62.7 Å². The highest BCUT2D eigenvalue weighted by Crippen LogP contribution is 2.34. The Morgan fingerprint density at radius 1 is 1.21 bits per heavy atom. The number of fused-ring (bicyclic) bond motifs is 6. The van der Waals surface area contributed by atoms with Gasteiger partial charge in [0.1, 0.15) is 18.0 Å². The van der Waals surface area contributed by atoms with E-state index in [1.165, 1.54) is 5.56 Å². The summed E-state index contributed by atoms with van der Waals surface area (Å²) in [4.78, 5) is 36.5. The molecule has 8 nitrogen and oxygen atoms in total. The average molecular weight is 462 g/mol. The number of ether oxygens (including phenoxy) is 1. The van der Waals surface area contributed by atoms with Gasteiger partial charge in [0.05, 0.1) is 11.4 Å². The molecule has 9 heteroatoms. The number of H-pyrrole nitrogens is 1. The first-order chi connectivity index (χ1) is 16.1. The normalized spacial score (nSPS) is 18.1. The maximum atomic E-state index is 12.4. The van der Waals surface area contributed by atoms with Crippen molar-refractivity contribution in [2.45, 2.75) is 12.6 Å². The van der Waals surface area contributed by atoms with Crippen LogP contribution in [0, 0.1) is 0 Å². The molecule has 1 fully saturated rings. The number of hydrogen-bond donors (Lipinski definition) is 2. The summed E-state index contributed by atoms with van der Waals surface area (Å²) in [6.07, 6.45) is 0. The van der Waals surface area contributed by atoms with E-state index in [0.717, 1.165) is 53.5 Å². The predicted octanol–water partition coefficient (Wildman–Crippen LogP) is 2.58. The molecule has 33 heavy (non-hydrogen) atoms. The first-order valence-electron chi connectivity index (χ1n) is 11.0. The lowest BCUT2D eigenvalue weighted by molar-refractivity contribution is 0.0956. The van der Waals surface area contributed by atoms with Gasteiger partial charge in [0.25, 0.3) is 11.5 Å². The molecule has 5 heterocycles. The van der Waals surface area contributed by atoms with Crippen LogP contribution >= 0.6 is 11.3 Å². The zero-order valence-corrected chi connectivity index (χ0v) is 18.9. The molecule has 0 spiro atoms. The van der Waals surface area contributed by atoms with Gasteiger partial charge in [-0.3, -0.25) is 14.5 Å². The van der Waals surface area contributed by atoms with E-state index in [1.54, 1.807) is 24.5 Å². The molecule has 0 aliphatic carbocycles. The predicted molar refractivity (Wildman–Crippen MR) is 129 cm³/mol. The van der Waals surface area contributed by atoms with E-state index in [0.29, 0.717) is 18.2 Å². The number of pyridine rings is 2. The molecule has 1 amide bonds. The maximum absolute atomic E-state index is 12.4. The highest BCUT2D eigenvalue weighted by Gasteiger charge is 2.34. The van der Waals surface area contributed by atoms with Gasteiger partial charge in [0.15, 0.2) is 0 Å². The molecule has 1 saturated heterocycles. The van der Waals surface area contributed by atoms with Crippen molar-refractivity contribution in [2.75, 3.05) is 38.2 Å². The zero-order chi connectivity index (χ0) is 22.5. The van der Waals surface area contributed by atoms with Crippen LogP contribution in [0.2, 0.25) is 0 Å². The molecule has 1 atom stereocenters. The Hall–Kier alpha value is -3.43. The molecule has 0 radical (unpaired) electrons. The smallest absolute Gasteiger partial charge is 0.269 e. The van der Waals surface area contributed by atoms with E-state index in [9.17, 15) is 9.59 Å². The molecule has 2 N–H and O–H groups in total. The van der Waals surface area contributed by atoms with Gasteiger partial charge in [0.2, 0.25) is 5.88 Å². The summed E-state index contributed by atoms with van der Waals surface area (Å²) >= 11 is 1.55. The number of aromatic amines is 1. The molecule has 2 aliphatic rings. The van der Waals surface area contributed by atoms with E-state index in [-0.39, 0.29) is 17.5 Å². The van der Waals surface area contributed by atoms with Crippen molar-refractivity contribution < 1.29 is 9.53 Å². The number of nitrogens with zero attached hydrogens (tertiary/aromatic N) is 3. The van der Waals surface area contributed by atoms with Crippen LogP contribution in [-0.2, 0) is 6.54 Å². The fourth-order valence-corrected chi connectivity index (χ4v) is 5.70. The van der Waals surface area contributed by atoms with Crippen LogP contribution in [-0.4, -0.2) is 60.1 Å². The number of nitrogens with one attached hydrogen (secondary N) is 2. The minimum Gasteiger partial charge on any atom is -0.474 e. The summed E-state index contributed by atoms with van der Waals surface area (Å²) in [5.41, 5.74) is 3.34. The van der Waals surface area contributed by atoms with Crippen LogP contribution in [0.3, 0.4) is 0 Å². The Labute approximate surface area is 193 Å². The third-order valence-electron chi connectivity index (χ3n) is 6.52. The van der Waals surface area contributed by atoms with Crippen molar-refractivity contribution >= 4 is 44.6 Å². The Morgan fingerprint density at radius 2 is 2.09 bits per heavy atom. The number of hydrogen-bond acceptors (Lipinski definition) is 7. The van der Waals surface area contributed by atoms with Gasteiger partial charge in [-0.2, -0.15) is 11.3 Å². The minimum atomic E-state index is -0.218. The molecular formula is C24H23N5O3S. The van der Waals surface area contributed by atoms with Gasteiger partial charge in [0, 0.05) is 54.9 Å². The number of thiophene rings is 1. The summed E-state index contributed by atoms with van der Waals surface area (Å²) in [6.45, 7) is 3.99. The van der Waals surface area contributed by atoms with Crippen LogP contribution in [0.5, 0.6) is 5.88 Å². The second-order valence-electron chi connectivity index (χ2n) is 8.53. The number of aromatic nitrogens is 2. The van der Waals surface area contributed by atoms with E-state index in [4.69, 9.17) is 4.74 Å². The zero-order valence-electron chi connectivity index (χ0n) is 18.1. The van der Waals surface area contributed by atoms with Gasteiger partial charge in [-0.25, -0.2) is 4.98 Å². The second kappa shape index (κ2) is 7.86. The summed E-state index contributed by atoms with van der Waals surface area (Å²) < 4.78 is 5.93. The number of amides is 1. The fourth-order valence-electron chi connectivity index (χ4n) is 4.87. The monoisotopic (exact) mass is 461 g/mol. The van der Waals surface area contributed by atoms with E-state index >= 15 is 0 Å². The van der Waals surface area contributed by atoms with Gasteiger partial charge in [-0.15, -0.1) is 0 Å². The molecule has 6 rings (SSSR count). The SMILES string of the molecule is CNC(=O)c1ccc2c(n1)OC[C@H]1CN(Cc3ccc4c(c3)[nH]c(=O)c3cscc34)CCN21. The molecule has 3 aromatic heterocycles. The fraction of sp³-hybridized carbons (Fsp3) is 0.292. The molecule has 4 aromatic rings. The first kappa shape index (κ1) is 20.2. The van der Waals surface area contributed by atoms with Crippen LogP contribution in [0.25, 0.3) is 21.7 Å². The van der Waals surface area contributed by atoms with Crippen LogP contribution in [0.4, 0.5) is 5.69 Å². The third kappa shape index (κ3) is 3.44. The Kier molecular flexibility index (Phi) is 4.81. The van der Waals surface area contributed by atoms with E-state index in [1.807, 2.05) is 16.8 Å². The summed E-state index contributed by atoms with van der Waals surface area (Å²) in [6, 6.07) is 10.3. The molecule has 2 aliphatic heterocycles.